The number of carbonyl (C=O) groups excluding carboxylic acids is 2. The Morgan fingerprint density at radius 1 is 1.25 bits per heavy atom. The van der Waals surface area contributed by atoms with Crippen molar-refractivity contribution in [2.45, 2.75) is 32.1 Å². The first kappa shape index (κ1) is 14.4. The average molecular weight is 275 g/mol. The Labute approximate surface area is 119 Å². The molecule has 5 nitrogen and oxygen atoms in total. The number of benzene rings is 1. The number of likely N-dealkylation sites (tertiary alicyclic amines) is 1. The maximum absolute atomic E-state index is 12.0. The lowest BCUT2D eigenvalue weighted by Gasteiger charge is -2.24. The summed E-state index contributed by atoms with van der Waals surface area (Å²) in [6.45, 7) is 0.789. The largest absolute Gasteiger partial charge is 0.399 e. The summed E-state index contributed by atoms with van der Waals surface area (Å²) in [7, 11) is 0. The second-order valence-corrected chi connectivity index (χ2v) is 5.15. The number of carbonyl (C=O) groups is 2. The number of nitrogens with two attached hydrogens (primary N) is 1. The molecule has 1 aromatic carbocycles. The summed E-state index contributed by atoms with van der Waals surface area (Å²) in [5.74, 6) is -0.100. The molecule has 1 aromatic rings. The van der Waals surface area contributed by atoms with Crippen molar-refractivity contribution in [2.24, 2.45) is 0 Å². The number of nitrogen functional groups attached to an aromatic ring is 1. The minimum Gasteiger partial charge on any atom is -0.399 e. The molecule has 0 unspecified atom stereocenters. The number of hydrogen-bond acceptors (Lipinski definition) is 3. The lowest BCUT2D eigenvalue weighted by Crippen LogP contribution is -2.39. The molecule has 0 aliphatic carbocycles. The summed E-state index contributed by atoms with van der Waals surface area (Å²) in [6.07, 6.45) is 4.67. The van der Waals surface area contributed by atoms with Crippen LogP contribution in [0.2, 0.25) is 0 Å². The zero-order valence-corrected chi connectivity index (χ0v) is 11.6. The van der Waals surface area contributed by atoms with E-state index in [9.17, 15) is 9.59 Å². The molecule has 108 valence electrons. The van der Waals surface area contributed by atoms with Crippen molar-refractivity contribution in [3.05, 3.63) is 24.3 Å². The van der Waals surface area contributed by atoms with Gasteiger partial charge in [0.2, 0.25) is 11.8 Å². The first-order valence-corrected chi connectivity index (χ1v) is 7.08. The van der Waals surface area contributed by atoms with E-state index in [2.05, 4.69) is 5.32 Å². The Hall–Kier alpha value is -2.04. The number of anilines is 2. The topological polar surface area (TPSA) is 75.4 Å². The van der Waals surface area contributed by atoms with Gasteiger partial charge in [-0.15, -0.1) is 0 Å². The van der Waals surface area contributed by atoms with Gasteiger partial charge >= 0.3 is 0 Å². The molecule has 1 saturated heterocycles. The number of hydrogen-bond donors (Lipinski definition) is 2. The van der Waals surface area contributed by atoms with Gasteiger partial charge in [0.25, 0.3) is 0 Å². The lowest BCUT2D eigenvalue weighted by molar-refractivity contribution is -0.135. The van der Waals surface area contributed by atoms with E-state index in [-0.39, 0.29) is 18.4 Å². The van der Waals surface area contributed by atoms with Crippen molar-refractivity contribution in [1.29, 1.82) is 0 Å². The summed E-state index contributed by atoms with van der Waals surface area (Å²) < 4.78 is 0. The van der Waals surface area contributed by atoms with Crippen LogP contribution >= 0.6 is 0 Å². The van der Waals surface area contributed by atoms with Crippen LogP contribution in [0.25, 0.3) is 0 Å². The molecule has 0 aromatic heterocycles. The fourth-order valence-corrected chi connectivity index (χ4v) is 2.37. The molecule has 1 aliphatic rings. The first-order chi connectivity index (χ1) is 9.65. The highest BCUT2D eigenvalue weighted by Gasteiger charge is 2.18. The highest BCUT2D eigenvalue weighted by Crippen LogP contribution is 2.13. The van der Waals surface area contributed by atoms with Gasteiger partial charge in [0.1, 0.15) is 0 Å². The molecule has 0 bridgehead atoms. The molecule has 2 amide bonds. The monoisotopic (exact) mass is 275 g/mol. The van der Waals surface area contributed by atoms with Crippen molar-refractivity contribution in [3.63, 3.8) is 0 Å². The summed E-state index contributed by atoms with van der Waals surface area (Å²) in [4.78, 5) is 25.6. The number of rotatable bonds is 3. The van der Waals surface area contributed by atoms with Gasteiger partial charge < -0.3 is 16.0 Å². The molecule has 1 heterocycles. The molecule has 0 spiro atoms. The maximum Gasteiger partial charge on any atom is 0.243 e. The van der Waals surface area contributed by atoms with E-state index < -0.39 is 0 Å². The molecule has 0 radical (unpaired) electrons. The molecule has 0 saturated carbocycles. The highest BCUT2D eigenvalue weighted by atomic mass is 16.2. The normalized spacial score (nSPS) is 16.4. The van der Waals surface area contributed by atoms with Crippen LogP contribution in [0.5, 0.6) is 0 Å². The Balaban J connectivity index is 1.90. The van der Waals surface area contributed by atoms with Gasteiger partial charge in [0.05, 0.1) is 6.54 Å². The van der Waals surface area contributed by atoms with Crippen LogP contribution in [-0.4, -0.2) is 29.8 Å². The van der Waals surface area contributed by atoms with E-state index in [0.29, 0.717) is 24.3 Å². The predicted octanol–water partition coefficient (Wildman–Crippen LogP) is 2.00. The van der Waals surface area contributed by atoms with E-state index in [1.807, 2.05) is 0 Å². The van der Waals surface area contributed by atoms with Crippen molar-refractivity contribution in [3.8, 4) is 0 Å². The minimum atomic E-state index is -0.176. The third-order valence-electron chi connectivity index (χ3n) is 3.43. The number of nitrogens with zero attached hydrogens (tertiary/aromatic N) is 1. The van der Waals surface area contributed by atoms with Crippen LogP contribution in [0.3, 0.4) is 0 Å². The third kappa shape index (κ3) is 4.26. The van der Waals surface area contributed by atoms with Crippen LogP contribution < -0.4 is 11.1 Å². The Kier molecular flexibility index (Phi) is 4.98. The molecular formula is C15H21N3O2. The van der Waals surface area contributed by atoms with Crippen molar-refractivity contribution in [2.75, 3.05) is 24.1 Å². The quantitative estimate of drug-likeness (QED) is 0.828. The van der Waals surface area contributed by atoms with Gasteiger partial charge in [0.15, 0.2) is 0 Å². The number of amides is 2. The summed E-state index contributed by atoms with van der Waals surface area (Å²) in [6, 6.07) is 7.03. The van der Waals surface area contributed by atoms with Crippen LogP contribution in [-0.2, 0) is 9.59 Å². The molecule has 0 atom stereocenters. The number of nitrogens with one attached hydrogen (secondary N) is 1. The van der Waals surface area contributed by atoms with Crippen LogP contribution in [0, 0.1) is 0 Å². The summed E-state index contributed by atoms with van der Waals surface area (Å²) in [5.41, 5.74) is 6.93. The Morgan fingerprint density at radius 2 is 2.05 bits per heavy atom. The summed E-state index contributed by atoms with van der Waals surface area (Å²) in [5, 5.41) is 2.77. The first-order valence-electron chi connectivity index (χ1n) is 7.08. The van der Waals surface area contributed by atoms with Gasteiger partial charge in [-0.05, 0) is 31.0 Å². The van der Waals surface area contributed by atoms with Gasteiger partial charge in [0, 0.05) is 24.3 Å². The van der Waals surface area contributed by atoms with E-state index in [1.165, 1.54) is 0 Å². The zero-order chi connectivity index (χ0) is 14.4. The van der Waals surface area contributed by atoms with Crippen LogP contribution in [0.1, 0.15) is 32.1 Å². The standard InChI is InChI=1S/C15H21N3O2/c16-12-6-5-7-13(10-12)17-14(19)11-18-9-4-2-1-3-8-15(18)20/h5-7,10H,1-4,8-9,11,16H2,(H,17,19). The minimum absolute atomic E-state index is 0.0763. The smallest absolute Gasteiger partial charge is 0.243 e. The SMILES string of the molecule is Nc1cccc(NC(=O)CN2CCCCCCC2=O)c1. The molecule has 5 heteroatoms. The molecule has 3 N–H and O–H groups in total. The predicted molar refractivity (Wildman–Crippen MR) is 79.1 cm³/mol. The summed E-state index contributed by atoms with van der Waals surface area (Å²) >= 11 is 0. The van der Waals surface area contributed by atoms with Gasteiger partial charge in [-0.2, -0.15) is 0 Å². The van der Waals surface area contributed by atoms with Gasteiger partial charge in [-0.3, -0.25) is 9.59 Å². The molecule has 2 rings (SSSR count). The van der Waals surface area contributed by atoms with E-state index in [1.54, 1.807) is 29.2 Å². The lowest BCUT2D eigenvalue weighted by atomic mass is 10.1. The molecule has 1 fully saturated rings. The Morgan fingerprint density at radius 3 is 2.85 bits per heavy atom. The molecule has 1 aliphatic heterocycles. The Bertz CT molecular complexity index is 488. The third-order valence-corrected chi connectivity index (χ3v) is 3.43. The second kappa shape index (κ2) is 6.93. The van der Waals surface area contributed by atoms with E-state index >= 15 is 0 Å². The van der Waals surface area contributed by atoms with Crippen molar-refractivity contribution < 1.29 is 9.59 Å². The molecular weight excluding hydrogens is 254 g/mol. The van der Waals surface area contributed by atoms with E-state index in [0.717, 1.165) is 25.7 Å². The zero-order valence-electron chi connectivity index (χ0n) is 11.6. The maximum atomic E-state index is 12.0. The van der Waals surface area contributed by atoms with E-state index in [4.69, 9.17) is 5.73 Å². The molecule has 20 heavy (non-hydrogen) atoms. The van der Waals surface area contributed by atoms with Crippen LogP contribution in [0.4, 0.5) is 11.4 Å². The fraction of sp³-hybridized carbons (Fsp3) is 0.467. The second-order valence-electron chi connectivity index (χ2n) is 5.15. The van der Waals surface area contributed by atoms with Crippen LogP contribution in [0.15, 0.2) is 24.3 Å². The highest BCUT2D eigenvalue weighted by molar-refractivity contribution is 5.94. The van der Waals surface area contributed by atoms with Gasteiger partial charge in [-0.1, -0.05) is 18.9 Å². The average Bonchev–Trinajstić information content (AvgIpc) is 2.38. The van der Waals surface area contributed by atoms with Gasteiger partial charge in [-0.25, -0.2) is 0 Å². The van der Waals surface area contributed by atoms with Crippen molar-refractivity contribution in [1.82, 2.24) is 4.90 Å². The fourth-order valence-electron chi connectivity index (χ4n) is 2.37. The van der Waals surface area contributed by atoms with Crippen molar-refractivity contribution >= 4 is 23.2 Å².